The van der Waals surface area contributed by atoms with Crippen molar-refractivity contribution in [3.05, 3.63) is 23.0 Å². The Morgan fingerprint density at radius 3 is 2.56 bits per heavy atom. The van der Waals surface area contributed by atoms with Gasteiger partial charge in [0.15, 0.2) is 0 Å². The predicted molar refractivity (Wildman–Crippen MR) is 75.7 cm³/mol. The lowest BCUT2D eigenvalue weighted by molar-refractivity contribution is 0.403. The zero-order valence-corrected chi connectivity index (χ0v) is 12.1. The van der Waals surface area contributed by atoms with Crippen LogP contribution in [0.2, 0.25) is 0 Å². The molecule has 2 nitrogen and oxygen atoms in total. The first-order valence-corrected chi connectivity index (χ1v) is 7.52. The maximum Gasteiger partial charge on any atom is 0.0223 e. The van der Waals surface area contributed by atoms with Gasteiger partial charge in [-0.3, -0.25) is 0 Å². The Bertz CT molecular complexity index is 436. The summed E-state index contributed by atoms with van der Waals surface area (Å²) >= 11 is 0. The van der Waals surface area contributed by atoms with Gasteiger partial charge in [0.25, 0.3) is 0 Å². The molecule has 2 aliphatic carbocycles. The van der Waals surface area contributed by atoms with Gasteiger partial charge >= 0.3 is 0 Å². The number of hydrogen-bond acceptors (Lipinski definition) is 1. The SMILES string of the molecule is CCn1c(C)cc(CNCC2(C3CC3)CC2)c1C. The monoisotopic (exact) mass is 246 g/mol. The van der Waals surface area contributed by atoms with E-state index in [0.29, 0.717) is 0 Å². The average molecular weight is 246 g/mol. The first-order chi connectivity index (χ1) is 8.66. The van der Waals surface area contributed by atoms with Crippen molar-refractivity contribution in [2.24, 2.45) is 11.3 Å². The van der Waals surface area contributed by atoms with Crippen molar-refractivity contribution >= 4 is 0 Å². The fourth-order valence-electron chi connectivity index (χ4n) is 3.57. The molecule has 0 aromatic carbocycles. The number of hydrogen-bond donors (Lipinski definition) is 1. The molecule has 18 heavy (non-hydrogen) atoms. The Labute approximate surface area is 111 Å². The van der Waals surface area contributed by atoms with E-state index in [-0.39, 0.29) is 0 Å². The van der Waals surface area contributed by atoms with Crippen LogP contribution in [-0.4, -0.2) is 11.1 Å². The fourth-order valence-corrected chi connectivity index (χ4v) is 3.57. The molecule has 1 N–H and O–H groups in total. The van der Waals surface area contributed by atoms with E-state index in [1.807, 2.05) is 0 Å². The molecule has 0 amide bonds. The first-order valence-electron chi connectivity index (χ1n) is 7.52. The van der Waals surface area contributed by atoms with Crippen LogP contribution in [0.4, 0.5) is 0 Å². The van der Waals surface area contributed by atoms with Gasteiger partial charge < -0.3 is 9.88 Å². The molecular formula is C16H26N2. The van der Waals surface area contributed by atoms with Crippen molar-refractivity contribution in [1.82, 2.24) is 9.88 Å². The molecule has 0 unspecified atom stereocenters. The summed E-state index contributed by atoms with van der Waals surface area (Å²) in [5, 5.41) is 3.72. The summed E-state index contributed by atoms with van der Waals surface area (Å²) in [6.07, 6.45) is 5.93. The highest BCUT2D eigenvalue weighted by Crippen LogP contribution is 2.60. The van der Waals surface area contributed by atoms with Crippen molar-refractivity contribution in [1.29, 1.82) is 0 Å². The van der Waals surface area contributed by atoms with Crippen LogP contribution in [0.1, 0.15) is 49.6 Å². The van der Waals surface area contributed by atoms with Gasteiger partial charge in [0.1, 0.15) is 0 Å². The Hall–Kier alpha value is -0.760. The molecule has 100 valence electrons. The van der Waals surface area contributed by atoms with Crippen LogP contribution in [0, 0.1) is 25.2 Å². The number of nitrogens with zero attached hydrogens (tertiary/aromatic N) is 1. The Balaban J connectivity index is 1.57. The van der Waals surface area contributed by atoms with Crippen LogP contribution in [0.15, 0.2) is 6.07 Å². The largest absolute Gasteiger partial charge is 0.349 e. The van der Waals surface area contributed by atoms with Gasteiger partial charge in [-0.05, 0) is 69.4 Å². The fraction of sp³-hybridized carbons (Fsp3) is 0.750. The highest BCUT2D eigenvalue weighted by Gasteiger charge is 2.53. The van der Waals surface area contributed by atoms with E-state index in [1.54, 1.807) is 0 Å². The van der Waals surface area contributed by atoms with E-state index < -0.39 is 0 Å². The molecule has 3 rings (SSSR count). The number of aryl methyl sites for hydroxylation is 1. The lowest BCUT2D eigenvalue weighted by Crippen LogP contribution is -2.25. The highest BCUT2D eigenvalue weighted by molar-refractivity contribution is 5.26. The van der Waals surface area contributed by atoms with Crippen LogP contribution in [0.25, 0.3) is 0 Å². The summed E-state index contributed by atoms with van der Waals surface area (Å²) in [6, 6.07) is 2.35. The molecule has 0 bridgehead atoms. The summed E-state index contributed by atoms with van der Waals surface area (Å²) in [6.45, 7) is 10.1. The van der Waals surface area contributed by atoms with E-state index >= 15 is 0 Å². The number of aromatic nitrogens is 1. The van der Waals surface area contributed by atoms with Crippen LogP contribution in [0.3, 0.4) is 0 Å². The molecule has 2 heteroatoms. The minimum Gasteiger partial charge on any atom is -0.349 e. The predicted octanol–water partition coefficient (Wildman–Crippen LogP) is 3.40. The molecule has 0 saturated heterocycles. The zero-order valence-electron chi connectivity index (χ0n) is 12.1. The van der Waals surface area contributed by atoms with E-state index in [1.165, 1.54) is 49.2 Å². The second-order valence-corrected chi connectivity index (χ2v) is 6.38. The van der Waals surface area contributed by atoms with Gasteiger partial charge in [0.05, 0.1) is 0 Å². The van der Waals surface area contributed by atoms with Gasteiger partial charge in [-0.2, -0.15) is 0 Å². The average Bonchev–Trinajstić information content (AvgIpc) is 3.21. The van der Waals surface area contributed by atoms with E-state index in [9.17, 15) is 0 Å². The third kappa shape index (κ3) is 2.11. The molecule has 1 aromatic heterocycles. The molecule has 0 radical (unpaired) electrons. The molecule has 2 aliphatic rings. The minimum absolute atomic E-state index is 0.719. The molecule has 2 saturated carbocycles. The van der Waals surface area contributed by atoms with Gasteiger partial charge in [-0.25, -0.2) is 0 Å². The lowest BCUT2D eigenvalue weighted by Gasteiger charge is -2.15. The third-order valence-electron chi connectivity index (χ3n) is 5.12. The third-order valence-corrected chi connectivity index (χ3v) is 5.12. The maximum absolute atomic E-state index is 3.72. The van der Waals surface area contributed by atoms with E-state index in [2.05, 4.69) is 36.7 Å². The number of rotatable bonds is 6. The lowest BCUT2D eigenvalue weighted by atomic mass is 10.0. The molecule has 0 atom stereocenters. The van der Waals surface area contributed by atoms with Gasteiger partial charge in [0.2, 0.25) is 0 Å². The molecule has 0 aliphatic heterocycles. The second kappa shape index (κ2) is 4.41. The summed E-state index contributed by atoms with van der Waals surface area (Å²) in [7, 11) is 0. The topological polar surface area (TPSA) is 17.0 Å². The molecule has 1 heterocycles. The summed E-state index contributed by atoms with van der Waals surface area (Å²) < 4.78 is 2.41. The summed E-state index contributed by atoms with van der Waals surface area (Å²) in [5.41, 5.74) is 5.05. The zero-order chi connectivity index (χ0) is 12.8. The van der Waals surface area contributed by atoms with Gasteiger partial charge in [-0.15, -0.1) is 0 Å². The summed E-state index contributed by atoms with van der Waals surface area (Å²) in [5.74, 6) is 1.06. The number of nitrogens with one attached hydrogen (secondary N) is 1. The van der Waals surface area contributed by atoms with Crippen molar-refractivity contribution < 1.29 is 0 Å². The highest BCUT2D eigenvalue weighted by atomic mass is 15.0. The summed E-state index contributed by atoms with van der Waals surface area (Å²) in [4.78, 5) is 0. The van der Waals surface area contributed by atoms with Crippen molar-refractivity contribution in [3.8, 4) is 0 Å². The van der Waals surface area contributed by atoms with E-state index in [4.69, 9.17) is 0 Å². The second-order valence-electron chi connectivity index (χ2n) is 6.38. The maximum atomic E-state index is 3.72. The smallest absolute Gasteiger partial charge is 0.0223 e. The Morgan fingerprint density at radius 2 is 2.06 bits per heavy atom. The van der Waals surface area contributed by atoms with E-state index in [0.717, 1.165) is 24.4 Å². The molecular weight excluding hydrogens is 220 g/mol. The normalized spacial score (nSPS) is 21.3. The standard InChI is InChI=1S/C16H26N2/c1-4-18-12(2)9-14(13(18)3)10-17-11-16(7-8-16)15-5-6-15/h9,15,17H,4-8,10-11H2,1-3H3. The van der Waals surface area contributed by atoms with Crippen LogP contribution >= 0.6 is 0 Å². The Kier molecular flexibility index (Phi) is 3.01. The van der Waals surface area contributed by atoms with Crippen molar-refractivity contribution in [3.63, 3.8) is 0 Å². The quantitative estimate of drug-likeness (QED) is 0.814. The molecule has 2 fully saturated rings. The first kappa shape index (κ1) is 12.3. The Morgan fingerprint density at radius 1 is 1.33 bits per heavy atom. The molecule has 0 spiro atoms. The van der Waals surface area contributed by atoms with Crippen LogP contribution < -0.4 is 5.32 Å². The van der Waals surface area contributed by atoms with Crippen molar-refractivity contribution in [2.75, 3.05) is 6.54 Å². The minimum atomic E-state index is 0.719. The van der Waals surface area contributed by atoms with Crippen LogP contribution in [-0.2, 0) is 13.1 Å². The van der Waals surface area contributed by atoms with Gasteiger partial charge in [0, 0.05) is 31.0 Å². The van der Waals surface area contributed by atoms with Crippen LogP contribution in [0.5, 0.6) is 0 Å². The molecule has 1 aromatic rings. The van der Waals surface area contributed by atoms with Crippen molar-refractivity contribution in [2.45, 2.75) is 59.5 Å². The van der Waals surface area contributed by atoms with Gasteiger partial charge in [-0.1, -0.05) is 0 Å².